The van der Waals surface area contributed by atoms with Crippen LogP contribution in [0.4, 0.5) is 0 Å². The molecule has 4 aromatic rings. The fraction of sp³-hybridized carbons (Fsp3) is 0.130. The van der Waals surface area contributed by atoms with E-state index in [-0.39, 0.29) is 4.90 Å². The SMILES string of the molecule is Cc1ccc(S(=O)(=O)n2ncc3c2CC(c2ccccc2)(c2cscn2)C=C3)cc1. The lowest BCUT2D eigenvalue weighted by Gasteiger charge is -2.32. The van der Waals surface area contributed by atoms with Gasteiger partial charge in [-0.3, -0.25) is 0 Å². The van der Waals surface area contributed by atoms with Crippen LogP contribution in [0.5, 0.6) is 0 Å². The second-order valence-corrected chi connectivity index (χ2v) is 9.91. The number of hydrogen-bond donors (Lipinski definition) is 0. The number of thiazole rings is 1. The van der Waals surface area contributed by atoms with Crippen LogP contribution in [-0.4, -0.2) is 22.6 Å². The van der Waals surface area contributed by atoms with E-state index in [9.17, 15) is 8.42 Å². The Labute approximate surface area is 179 Å². The predicted octanol–water partition coefficient (Wildman–Crippen LogP) is 4.44. The summed E-state index contributed by atoms with van der Waals surface area (Å²) < 4.78 is 27.9. The molecule has 0 spiro atoms. The molecule has 2 aromatic carbocycles. The van der Waals surface area contributed by atoms with Crippen molar-refractivity contribution in [1.29, 1.82) is 0 Å². The van der Waals surface area contributed by atoms with Crippen molar-refractivity contribution in [2.24, 2.45) is 0 Å². The zero-order valence-corrected chi connectivity index (χ0v) is 17.9. The van der Waals surface area contributed by atoms with E-state index in [0.717, 1.165) is 22.4 Å². The molecule has 1 atom stereocenters. The van der Waals surface area contributed by atoms with E-state index < -0.39 is 15.4 Å². The maximum Gasteiger partial charge on any atom is 0.283 e. The molecule has 30 heavy (non-hydrogen) atoms. The summed E-state index contributed by atoms with van der Waals surface area (Å²) in [6.07, 6.45) is 6.15. The van der Waals surface area contributed by atoms with E-state index in [0.29, 0.717) is 12.1 Å². The summed E-state index contributed by atoms with van der Waals surface area (Å²) in [5, 5.41) is 6.29. The average molecular weight is 434 g/mol. The molecule has 0 saturated carbocycles. The van der Waals surface area contributed by atoms with E-state index in [1.165, 1.54) is 15.4 Å². The molecule has 2 aromatic heterocycles. The Morgan fingerprint density at radius 1 is 1.07 bits per heavy atom. The van der Waals surface area contributed by atoms with Crippen LogP contribution in [0.25, 0.3) is 6.08 Å². The van der Waals surface area contributed by atoms with E-state index >= 15 is 0 Å². The zero-order chi connectivity index (χ0) is 20.8. The van der Waals surface area contributed by atoms with Crippen molar-refractivity contribution in [1.82, 2.24) is 14.2 Å². The van der Waals surface area contributed by atoms with Gasteiger partial charge in [0, 0.05) is 17.4 Å². The van der Waals surface area contributed by atoms with Gasteiger partial charge in [-0.2, -0.15) is 17.6 Å². The lowest BCUT2D eigenvalue weighted by Crippen LogP contribution is -2.33. The second kappa shape index (κ2) is 7.04. The second-order valence-electron chi connectivity index (χ2n) is 7.43. The third-order valence-electron chi connectivity index (χ3n) is 5.58. The molecule has 5 nitrogen and oxygen atoms in total. The molecule has 2 heterocycles. The maximum absolute atomic E-state index is 13.4. The van der Waals surface area contributed by atoms with Crippen LogP contribution in [0.15, 0.2) is 82.7 Å². The summed E-state index contributed by atoms with van der Waals surface area (Å²) in [6, 6.07) is 16.9. The first-order valence-corrected chi connectivity index (χ1v) is 11.9. The Morgan fingerprint density at radius 2 is 1.83 bits per heavy atom. The van der Waals surface area contributed by atoms with E-state index in [1.54, 1.807) is 30.5 Å². The monoisotopic (exact) mass is 433 g/mol. The molecule has 0 radical (unpaired) electrons. The van der Waals surface area contributed by atoms with E-state index in [1.807, 2.05) is 42.1 Å². The van der Waals surface area contributed by atoms with Crippen LogP contribution in [0, 0.1) is 6.92 Å². The third-order valence-corrected chi connectivity index (χ3v) is 7.81. The van der Waals surface area contributed by atoms with Crippen molar-refractivity contribution < 1.29 is 8.42 Å². The fourth-order valence-electron chi connectivity index (χ4n) is 3.94. The quantitative estimate of drug-likeness (QED) is 0.477. The molecule has 7 heteroatoms. The molecule has 0 fully saturated rings. The molecule has 150 valence electrons. The number of allylic oxidation sites excluding steroid dienone is 1. The maximum atomic E-state index is 13.4. The molecular weight excluding hydrogens is 414 g/mol. The van der Waals surface area contributed by atoms with Crippen LogP contribution >= 0.6 is 11.3 Å². The number of benzene rings is 2. The first-order valence-electron chi connectivity index (χ1n) is 9.53. The number of rotatable bonds is 4. The van der Waals surface area contributed by atoms with Gasteiger partial charge in [0.15, 0.2) is 0 Å². The highest BCUT2D eigenvalue weighted by molar-refractivity contribution is 7.89. The average Bonchev–Trinajstić information content (AvgIpc) is 3.45. The van der Waals surface area contributed by atoms with Gasteiger partial charge in [-0.25, -0.2) is 4.98 Å². The minimum atomic E-state index is -3.80. The van der Waals surface area contributed by atoms with E-state index in [4.69, 9.17) is 0 Å². The molecular formula is C23H19N3O2S2. The molecule has 0 N–H and O–H groups in total. The highest BCUT2D eigenvalue weighted by Gasteiger charge is 2.39. The smallest absolute Gasteiger partial charge is 0.248 e. The largest absolute Gasteiger partial charge is 0.283 e. The van der Waals surface area contributed by atoms with Crippen molar-refractivity contribution in [3.05, 3.63) is 106 Å². The topological polar surface area (TPSA) is 64.8 Å². The minimum absolute atomic E-state index is 0.229. The van der Waals surface area contributed by atoms with E-state index in [2.05, 4.69) is 28.3 Å². The molecule has 1 unspecified atom stereocenters. The lowest BCUT2D eigenvalue weighted by molar-refractivity contribution is 0.561. The standard InChI is InChI=1S/C23H19N3O2S2/c1-17-7-9-20(10-8-17)30(27,28)26-21-13-23(22-15-29-16-24-22,12-11-18(21)14-25-26)19-5-3-2-4-6-19/h2-12,14-16H,13H2,1H3. The number of nitrogens with zero attached hydrogens (tertiary/aromatic N) is 3. The van der Waals surface area contributed by atoms with Gasteiger partial charge in [-0.15, -0.1) is 11.3 Å². The summed E-state index contributed by atoms with van der Waals surface area (Å²) in [6.45, 7) is 1.93. The summed E-state index contributed by atoms with van der Waals surface area (Å²) in [7, 11) is -3.80. The predicted molar refractivity (Wildman–Crippen MR) is 118 cm³/mol. The zero-order valence-electron chi connectivity index (χ0n) is 16.3. The molecule has 0 bridgehead atoms. The van der Waals surface area contributed by atoms with Gasteiger partial charge in [0.1, 0.15) is 0 Å². The molecule has 5 rings (SSSR count). The molecule has 0 aliphatic heterocycles. The van der Waals surface area contributed by atoms with Crippen molar-refractivity contribution >= 4 is 27.4 Å². The van der Waals surface area contributed by atoms with Crippen molar-refractivity contribution in [3.63, 3.8) is 0 Å². The fourth-order valence-corrected chi connectivity index (χ4v) is 5.89. The summed E-state index contributed by atoms with van der Waals surface area (Å²) in [5.74, 6) is 0. The highest BCUT2D eigenvalue weighted by atomic mass is 32.2. The van der Waals surface area contributed by atoms with Crippen LogP contribution in [0.1, 0.15) is 28.1 Å². The van der Waals surface area contributed by atoms with Gasteiger partial charge in [0.2, 0.25) is 0 Å². The number of aromatic nitrogens is 3. The number of aryl methyl sites for hydroxylation is 1. The molecule has 1 aliphatic carbocycles. The van der Waals surface area contributed by atoms with Gasteiger partial charge in [-0.05, 0) is 24.6 Å². The van der Waals surface area contributed by atoms with Gasteiger partial charge < -0.3 is 0 Å². The van der Waals surface area contributed by atoms with Crippen LogP contribution in [0.3, 0.4) is 0 Å². The first kappa shape index (κ1) is 19.0. The van der Waals surface area contributed by atoms with Gasteiger partial charge >= 0.3 is 0 Å². The van der Waals surface area contributed by atoms with Crippen LogP contribution < -0.4 is 0 Å². The van der Waals surface area contributed by atoms with Gasteiger partial charge in [0.05, 0.1) is 33.4 Å². The molecule has 0 saturated heterocycles. The Morgan fingerprint density at radius 3 is 2.53 bits per heavy atom. The van der Waals surface area contributed by atoms with Gasteiger partial charge in [-0.1, -0.05) is 60.2 Å². The number of fused-ring (bicyclic) bond motifs is 1. The van der Waals surface area contributed by atoms with Crippen molar-refractivity contribution in [3.8, 4) is 0 Å². The third kappa shape index (κ3) is 2.93. The molecule has 0 amide bonds. The van der Waals surface area contributed by atoms with Crippen LogP contribution in [0.2, 0.25) is 0 Å². The Kier molecular flexibility index (Phi) is 4.45. The highest BCUT2D eigenvalue weighted by Crippen LogP contribution is 2.41. The normalized spacial score (nSPS) is 18.3. The Hall–Kier alpha value is -3.03. The minimum Gasteiger partial charge on any atom is -0.248 e. The van der Waals surface area contributed by atoms with Crippen molar-refractivity contribution in [2.75, 3.05) is 0 Å². The van der Waals surface area contributed by atoms with Gasteiger partial charge in [0.25, 0.3) is 10.0 Å². The Bertz CT molecular complexity index is 1320. The van der Waals surface area contributed by atoms with Crippen molar-refractivity contribution in [2.45, 2.75) is 23.7 Å². The summed E-state index contributed by atoms with van der Waals surface area (Å²) in [5.41, 5.74) is 5.71. The summed E-state index contributed by atoms with van der Waals surface area (Å²) >= 11 is 1.53. The Balaban J connectivity index is 1.67. The first-order chi connectivity index (χ1) is 14.5. The van der Waals surface area contributed by atoms with Crippen LogP contribution in [-0.2, 0) is 21.9 Å². The lowest BCUT2D eigenvalue weighted by atomic mass is 9.71. The number of hydrogen-bond acceptors (Lipinski definition) is 5. The molecule has 1 aliphatic rings. The summed E-state index contributed by atoms with van der Waals surface area (Å²) in [4.78, 5) is 4.82.